The van der Waals surface area contributed by atoms with E-state index < -0.39 is 0 Å². The molecule has 1 rings (SSSR count). The lowest BCUT2D eigenvalue weighted by Crippen LogP contribution is -2.51. The van der Waals surface area contributed by atoms with Crippen LogP contribution in [0.5, 0.6) is 0 Å². The van der Waals surface area contributed by atoms with Crippen LogP contribution in [-0.4, -0.2) is 46.7 Å². The molecule has 1 aliphatic heterocycles. The molecule has 1 aliphatic rings. The molecule has 1 heterocycles. The molecule has 1 fully saturated rings. The van der Waals surface area contributed by atoms with Crippen molar-refractivity contribution >= 4 is 5.91 Å². The lowest BCUT2D eigenvalue weighted by atomic mass is 10.2. The zero-order valence-electron chi connectivity index (χ0n) is 10.7. The van der Waals surface area contributed by atoms with Crippen molar-refractivity contribution in [2.45, 2.75) is 64.7 Å². The van der Waals surface area contributed by atoms with E-state index in [1.165, 1.54) is 0 Å². The van der Waals surface area contributed by atoms with Crippen LogP contribution < -0.4 is 5.32 Å². The predicted molar refractivity (Wildman–Crippen MR) is 64.1 cm³/mol. The molecule has 4 atom stereocenters. The van der Waals surface area contributed by atoms with Crippen LogP contribution in [0.2, 0.25) is 0 Å². The summed E-state index contributed by atoms with van der Waals surface area (Å²) < 4.78 is 0. The van der Waals surface area contributed by atoms with Gasteiger partial charge in [0.1, 0.15) is 0 Å². The third-order valence-corrected chi connectivity index (χ3v) is 3.51. The van der Waals surface area contributed by atoms with E-state index in [0.29, 0.717) is 12.1 Å². The first kappa shape index (κ1) is 13.5. The summed E-state index contributed by atoms with van der Waals surface area (Å²) >= 11 is 0. The Kier molecular flexibility index (Phi) is 4.74. The standard InChI is InChI=1S/C12H24N2O2/c1-8(7-15)13-12(16)11(4)14-9(2)5-6-10(14)3/h8-11,15H,5-7H2,1-4H3,(H,13,16)/t8-,9+,10+,11-/m0/s1. The molecule has 0 spiro atoms. The van der Waals surface area contributed by atoms with E-state index in [1.807, 2.05) is 13.8 Å². The Bertz CT molecular complexity index is 235. The Labute approximate surface area is 98.0 Å². The van der Waals surface area contributed by atoms with Gasteiger partial charge >= 0.3 is 0 Å². The van der Waals surface area contributed by atoms with Crippen LogP contribution in [0.15, 0.2) is 0 Å². The van der Waals surface area contributed by atoms with Gasteiger partial charge in [0.05, 0.1) is 12.6 Å². The quantitative estimate of drug-likeness (QED) is 0.746. The van der Waals surface area contributed by atoms with E-state index in [2.05, 4.69) is 24.1 Å². The lowest BCUT2D eigenvalue weighted by Gasteiger charge is -2.32. The molecule has 0 aromatic rings. The van der Waals surface area contributed by atoms with E-state index in [0.717, 1.165) is 12.8 Å². The number of aliphatic hydroxyl groups is 1. The first-order chi connectivity index (χ1) is 7.47. The van der Waals surface area contributed by atoms with Crippen molar-refractivity contribution in [2.75, 3.05) is 6.61 Å². The van der Waals surface area contributed by atoms with E-state index in [4.69, 9.17) is 5.11 Å². The molecule has 0 bridgehead atoms. The minimum absolute atomic E-state index is 0.0104. The number of hydrogen-bond donors (Lipinski definition) is 2. The van der Waals surface area contributed by atoms with Crippen molar-refractivity contribution in [3.63, 3.8) is 0 Å². The molecule has 0 aromatic carbocycles. The summed E-state index contributed by atoms with van der Waals surface area (Å²) in [6.07, 6.45) is 2.32. The molecule has 0 saturated carbocycles. The molecule has 16 heavy (non-hydrogen) atoms. The number of amides is 1. The van der Waals surface area contributed by atoms with Crippen LogP contribution in [-0.2, 0) is 4.79 Å². The fraction of sp³-hybridized carbons (Fsp3) is 0.917. The minimum Gasteiger partial charge on any atom is -0.394 e. The number of hydrogen-bond acceptors (Lipinski definition) is 3. The summed E-state index contributed by atoms with van der Waals surface area (Å²) in [6.45, 7) is 8.08. The fourth-order valence-corrected chi connectivity index (χ4v) is 2.52. The van der Waals surface area contributed by atoms with Crippen molar-refractivity contribution in [3.05, 3.63) is 0 Å². The summed E-state index contributed by atoms with van der Waals surface area (Å²) in [6, 6.07) is 0.671. The maximum Gasteiger partial charge on any atom is 0.237 e. The van der Waals surface area contributed by atoms with Crippen LogP contribution in [0.1, 0.15) is 40.5 Å². The lowest BCUT2D eigenvalue weighted by molar-refractivity contribution is -0.127. The highest BCUT2D eigenvalue weighted by Gasteiger charge is 2.34. The Morgan fingerprint density at radius 1 is 1.38 bits per heavy atom. The number of rotatable bonds is 4. The van der Waals surface area contributed by atoms with E-state index >= 15 is 0 Å². The molecule has 0 radical (unpaired) electrons. The Balaban J connectivity index is 2.55. The van der Waals surface area contributed by atoms with Gasteiger partial charge in [-0.3, -0.25) is 9.69 Å². The first-order valence-corrected chi connectivity index (χ1v) is 6.16. The van der Waals surface area contributed by atoms with Gasteiger partial charge in [0.2, 0.25) is 5.91 Å². The van der Waals surface area contributed by atoms with Gasteiger partial charge < -0.3 is 10.4 Å². The first-order valence-electron chi connectivity index (χ1n) is 6.16. The van der Waals surface area contributed by atoms with Crippen molar-refractivity contribution in [1.29, 1.82) is 0 Å². The second kappa shape index (κ2) is 5.64. The average Bonchev–Trinajstić information content (AvgIpc) is 2.57. The second-order valence-electron chi connectivity index (χ2n) is 4.99. The molecule has 2 N–H and O–H groups in total. The highest BCUT2D eigenvalue weighted by molar-refractivity contribution is 5.81. The highest BCUT2D eigenvalue weighted by Crippen LogP contribution is 2.25. The van der Waals surface area contributed by atoms with Crippen LogP contribution in [0.3, 0.4) is 0 Å². The van der Waals surface area contributed by atoms with Crippen molar-refractivity contribution in [3.8, 4) is 0 Å². The zero-order chi connectivity index (χ0) is 12.3. The number of nitrogens with one attached hydrogen (secondary N) is 1. The topological polar surface area (TPSA) is 52.6 Å². The molecule has 0 aromatic heterocycles. The van der Waals surface area contributed by atoms with Gasteiger partial charge in [0.15, 0.2) is 0 Å². The normalized spacial score (nSPS) is 30.1. The second-order valence-corrected chi connectivity index (χ2v) is 4.99. The third kappa shape index (κ3) is 2.95. The Hall–Kier alpha value is -0.610. The van der Waals surface area contributed by atoms with Gasteiger partial charge in [0.25, 0.3) is 0 Å². The van der Waals surface area contributed by atoms with Crippen LogP contribution in [0.25, 0.3) is 0 Å². The maximum absolute atomic E-state index is 11.9. The fourth-order valence-electron chi connectivity index (χ4n) is 2.52. The van der Waals surface area contributed by atoms with Crippen LogP contribution in [0.4, 0.5) is 0 Å². The molecule has 1 amide bonds. The van der Waals surface area contributed by atoms with Gasteiger partial charge in [-0.2, -0.15) is 0 Å². The summed E-state index contributed by atoms with van der Waals surface area (Å²) in [5.74, 6) is 0.0159. The van der Waals surface area contributed by atoms with E-state index in [-0.39, 0.29) is 24.6 Å². The van der Waals surface area contributed by atoms with Crippen molar-refractivity contribution in [1.82, 2.24) is 10.2 Å². The van der Waals surface area contributed by atoms with Crippen molar-refractivity contribution in [2.24, 2.45) is 0 Å². The highest BCUT2D eigenvalue weighted by atomic mass is 16.3. The molecule has 1 saturated heterocycles. The van der Waals surface area contributed by atoms with Gasteiger partial charge in [-0.25, -0.2) is 0 Å². The summed E-state index contributed by atoms with van der Waals surface area (Å²) in [7, 11) is 0. The van der Waals surface area contributed by atoms with Crippen molar-refractivity contribution < 1.29 is 9.90 Å². The molecule has 94 valence electrons. The zero-order valence-corrected chi connectivity index (χ0v) is 10.7. The Morgan fingerprint density at radius 3 is 2.31 bits per heavy atom. The average molecular weight is 228 g/mol. The largest absolute Gasteiger partial charge is 0.394 e. The maximum atomic E-state index is 11.9. The summed E-state index contributed by atoms with van der Waals surface area (Å²) in [5.41, 5.74) is 0. The molecular formula is C12H24N2O2. The number of aliphatic hydroxyl groups excluding tert-OH is 1. The van der Waals surface area contributed by atoms with Gasteiger partial charge in [-0.05, 0) is 40.5 Å². The molecular weight excluding hydrogens is 204 g/mol. The predicted octanol–water partition coefficient (Wildman–Crippen LogP) is 0.745. The van der Waals surface area contributed by atoms with Crippen LogP contribution >= 0.6 is 0 Å². The van der Waals surface area contributed by atoms with E-state index in [9.17, 15) is 4.79 Å². The van der Waals surface area contributed by atoms with E-state index in [1.54, 1.807) is 0 Å². The van der Waals surface area contributed by atoms with Gasteiger partial charge in [-0.15, -0.1) is 0 Å². The van der Waals surface area contributed by atoms with Gasteiger partial charge in [-0.1, -0.05) is 0 Å². The molecule has 0 unspecified atom stereocenters. The third-order valence-electron chi connectivity index (χ3n) is 3.51. The SMILES string of the molecule is C[C@@H]1CC[C@@H](C)N1[C@@H](C)C(=O)N[C@@H](C)CO. The summed E-state index contributed by atoms with van der Waals surface area (Å²) in [4.78, 5) is 14.2. The number of nitrogens with zero attached hydrogens (tertiary/aromatic N) is 1. The molecule has 0 aliphatic carbocycles. The Morgan fingerprint density at radius 2 is 1.88 bits per heavy atom. The monoisotopic (exact) mass is 228 g/mol. The van der Waals surface area contributed by atoms with Crippen LogP contribution in [0, 0.1) is 0 Å². The van der Waals surface area contributed by atoms with Gasteiger partial charge in [0, 0.05) is 18.1 Å². The molecule has 4 heteroatoms. The number of carbonyl (C=O) groups excluding carboxylic acids is 1. The number of likely N-dealkylation sites (tertiary alicyclic amines) is 1. The minimum atomic E-state index is -0.164. The number of carbonyl (C=O) groups is 1. The smallest absolute Gasteiger partial charge is 0.237 e. The molecule has 4 nitrogen and oxygen atoms in total. The summed E-state index contributed by atoms with van der Waals surface area (Å²) in [5, 5.41) is 11.7.